The van der Waals surface area contributed by atoms with E-state index in [0.717, 1.165) is 24.1 Å². The molecule has 2 heterocycles. The summed E-state index contributed by atoms with van der Waals surface area (Å²) in [6.45, 7) is 14.2. The van der Waals surface area contributed by atoms with Crippen LogP contribution in [0.2, 0.25) is 0 Å². The number of amides is 1. The van der Waals surface area contributed by atoms with Gasteiger partial charge in [-0.1, -0.05) is 6.92 Å². The lowest BCUT2D eigenvalue weighted by Crippen LogP contribution is -2.48. The number of hydrogen-bond donors (Lipinski definition) is 0. The smallest absolute Gasteiger partial charge is 0.264 e. The van der Waals surface area contributed by atoms with Gasteiger partial charge in [0.15, 0.2) is 0 Å². The van der Waals surface area contributed by atoms with Crippen molar-refractivity contribution in [1.82, 2.24) is 4.90 Å². The van der Waals surface area contributed by atoms with Crippen LogP contribution < -0.4 is 4.90 Å². The molecule has 1 amide bonds. The van der Waals surface area contributed by atoms with E-state index in [9.17, 15) is 10.1 Å². The Balaban J connectivity index is 1.99. The predicted molar refractivity (Wildman–Crippen MR) is 112 cm³/mol. The molecule has 150 valence electrons. The van der Waals surface area contributed by atoms with E-state index in [0.29, 0.717) is 32.2 Å². The third-order valence-electron chi connectivity index (χ3n) is 6.04. The summed E-state index contributed by atoms with van der Waals surface area (Å²) >= 11 is 0. The summed E-state index contributed by atoms with van der Waals surface area (Å²) < 4.78 is 5.31. The van der Waals surface area contributed by atoms with E-state index in [1.165, 1.54) is 11.3 Å². The predicted octanol–water partition coefficient (Wildman–Crippen LogP) is 3.87. The number of aryl methyl sites for hydroxylation is 1. The summed E-state index contributed by atoms with van der Waals surface area (Å²) in [4.78, 5) is 16.9. The van der Waals surface area contributed by atoms with Crippen LogP contribution in [0, 0.1) is 18.3 Å². The molecule has 5 heteroatoms. The van der Waals surface area contributed by atoms with Gasteiger partial charge in [-0.15, -0.1) is 0 Å². The van der Waals surface area contributed by atoms with E-state index in [2.05, 4.69) is 57.7 Å². The molecule has 0 radical (unpaired) electrons. The minimum Gasteiger partial charge on any atom is -0.378 e. The molecule has 28 heavy (non-hydrogen) atoms. The Morgan fingerprint density at radius 3 is 2.64 bits per heavy atom. The van der Waals surface area contributed by atoms with Gasteiger partial charge in [-0.05, 0) is 74.9 Å². The molecule has 0 unspecified atom stereocenters. The summed E-state index contributed by atoms with van der Waals surface area (Å²) in [7, 11) is 0. The molecular weight excluding hydrogens is 350 g/mol. The van der Waals surface area contributed by atoms with E-state index in [1.54, 1.807) is 11.0 Å². The number of ether oxygens (including phenoxy) is 1. The van der Waals surface area contributed by atoms with Gasteiger partial charge in [0.05, 0.1) is 13.2 Å². The molecule has 2 aliphatic rings. The summed E-state index contributed by atoms with van der Waals surface area (Å²) in [6.07, 6.45) is 2.84. The zero-order valence-electron chi connectivity index (χ0n) is 17.7. The molecule has 0 aromatic heterocycles. The number of carbonyl (C=O) groups is 1. The second-order valence-corrected chi connectivity index (χ2v) is 8.50. The zero-order valence-corrected chi connectivity index (χ0v) is 17.7. The van der Waals surface area contributed by atoms with E-state index in [4.69, 9.17) is 4.74 Å². The number of anilines is 1. The number of hydrogen-bond acceptors (Lipinski definition) is 4. The van der Waals surface area contributed by atoms with E-state index < -0.39 is 0 Å². The number of rotatable bonds is 3. The topological polar surface area (TPSA) is 56.6 Å². The normalized spacial score (nSPS) is 21.9. The maximum Gasteiger partial charge on any atom is 0.264 e. The Labute approximate surface area is 168 Å². The maximum absolute atomic E-state index is 12.8. The number of morpholine rings is 1. The van der Waals surface area contributed by atoms with Crippen molar-refractivity contribution < 1.29 is 9.53 Å². The molecule has 0 spiro atoms. The van der Waals surface area contributed by atoms with Crippen molar-refractivity contribution >= 4 is 17.7 Å². The van der Waals surface area contributed by atoms with Crippen molar-refractivity contribution in [1.29, 1.82) is 5.26 Å². The Bertz CT molecular complexity index is 829. The minimum atomic E-state index is -0.202. The van der Waals surface area contributed by atoms with Crippen LogP contribution in [-0.4, -0.2) is 49.2 Å². The van der Waals surface area contributed by atoms with Gasteiger partial charge in [0, 0.05) is 30.9 Å². The second-order valence-electron chi connectivity index (χ2n) is 8.50. The van der Waals surface area contributed by atoms with Gasteiger partial charge in [-0.3, -0.25) is 4.79 Å². The highest BCUT2D eigenvalue weighted by atomic mass is 16.5. The maximum atomic E-state index is 12.8. The highest BCUT2D eigenvalue weighted by Gasteiger charge is 2.35. The lowest BCUT2D eigenvalue weighted by atomic mass is 9.79. The molecule has 0 N–H and O–H groups in total. The molecule has 5 nitrogen and oxygen atoms in total. The van der Waals surface area contributed by atoms with Gasteiger partial charge in [-0.25, -0.2) is 0 Å². The van der Waals surface area contributed by atoms with Crippen LogP contribution in [0.3, 0.4) is 0 Å². The Hall–Kier alpha value is -2.32. The lowest BCUT2D eigenvalue weighted by Gasteiger charge is -2.47. The molecular formula is C23H31N3O2. The van der Waals surface area contributed by atoms with Crippen LogP contribution in [0.15, 0.2) is 17.7 Å². The molecule has 1 saturated heterocycles. The summed E-state index contributed by atoms with van der Waals surface area (Å²) in [5.74, 6) is 0.230. The van der Waals surface area contributed by atoms with Crippen LogP contribution in [0.5, 0.6) is 0 Å². The third kappa shape index (κ3) is 3.79. The van der Waals surface area contributed by atoms with Crippen molar-refractivity contribution in [2.24, 2.45) is 0 Å². The Morgan fingerprint density at radius 1 is 1.36 bits per heavy atom. The van der Waals surface area contributed by atoms with Crippen LogP contribution >= 0.6 is 0 Å². The molecule has 0 aliphatic carbocycles. The van der Waals surface area contributed by atoms with Gasteiger partial charge in [0.1, 0.15) is 11.6 Å². The molecule has 1 aromatic rings. The molecule has 2 aliphatic heterocycles. The molecule has 3 rings (SSSR count). The Kier molecular flexibility index (Phi) is 5.81. The monoisotopic (exact) mass is 381 g/mol. The fraction of sp³-hybridized carbons (Fsp3) is 0.565. The second kappa shape index (κ2) is 7.97. The van der Waals surface area contributed by atoms with Crippen molar-refractivity contribution in [2.75, 3.05) is 37.7 Å². The highest BCUT2D eigenvalue weighted by molar-refractivity contribution is 6.02. The summed E-state index contributed by atoms with van der Waals surface area (Å²) in [5.41, 5.74) is 4.94. The molecule has 1 fully saturated rings. The van der Waals surface area contributed by atoms with Crippen molar-refractivity contribution in [2.45, 2.75) is 52.5 Å². The number of carbonyl (C=O) groups excluding carboxylic acids is 1. The van der Waals surface area contributed by atoms with Gasteiger partial charge in [-0.2, -0.15) is 5.26 Å². The number of fused-ring (bicyclic) bond motifs is 1. The molecule has 0 saturated carbocycles. The van der Waals surface area contributed by atoms with Crippen molar-refractivity contribution in [3.8, 4) is 6.07 Å². The number of benzene rings is 1. The van der Waals surface area contributed by atoms with E-state index in [-0.39, 0.29) is 17.0 Å². The van der Waals surface area contributed by atoms with Gasteiger partial charge in [0.25, 0.3) is 5.91 Å². The number of nitrogens with zero attached hydrogens (tertiary/aromatic N) is 3. The first kappa shape index (κ1) is 20.4. The van der Waals surface area contributed by atoms with Crippen LogP contribution in [0.1, 0.15) is 56.7 Å². The quantitative estimate of drug-likeness (QED) is 0.589. The third-order valence-corrected chi connectivity index (χ3v) is 6.04. The molecule has 1 aromatic carbocycles. The van der Waals surface area contributed by atoms with Crippen molar-refractivity contribution in [3.63, 3.8) is 0 Å². The average molecular weight is 382 g/mol. The molecule has 1 atom stereocenters. The minimum absolute atomic E-state index is 0.120. The van der Waals surface area contributed by atoms with Crippen LogP contribution in [0.4, 0.5) is 5.69 Å². The van der Waals surface area contributed by atoms with Gasteiger partial charge < -0.3 is 14.5 Å². The first-order valence-corrected chi connectivity index (χ1v) is 10.2. The van der Waals surface area contributed by atoms with E-state index >= 15 is 0 Å². The fourth-order valence-corrected chi connectivity index (χ4v) is 4.64. The molecule has 0 bridgehead atoms. The summed E-state index contributed by atoms with van der Waals surface area (Å²) in [5, 5.41) is 9.61. The first-order chi connectivity index (χ1) is 13.3. The Morgan fingerprint density at radius 2 is 2.04 bits per heavy atom. The standard InChI is InChI=1S/C23H31N3O2/c1-6-26-21-11-16(2)18(13-20(21)17(3)14-23(26,4)5)12-19(15-24)22(27)25-7-9-28-10-8-25/h11-13,17H,6-10,14H2,1-5H3/b19-12-/t17-/m0/s1. The number of nitriles is 1. The highest BCUT2D eigenvalue weighted by Crippen LogP contribution is 2.44. The van der Waals surface area contributed by atoms with Crippen LogP contribution in [0.25, 0.3) is 6.08 Å². The van der Waals surface area contributed by atoms with Crippen LogP contribution in [-0.2, 0) is 9.53 Å². The van der Waals surface area contributed by atoms with Gasteiger partial charge >= 0.3 is 0 Å². The SMILES string of the molecule is CCN1c2cc(C)c(/C=C(/C#N)C(=O)N3CCOCC3)cc2[C@@H](C)CC1(C)C. The van der Waals surface area contributed by atoms with E-state index in [1.807, 2.05) is 0 Å². The first-order valence-electron chi connectivity index (χ1n) is 10.2. The zero-order chi connectivity index (χ0) is 20.5. The largest absolute Gasteiger partial charge is 0.378 e. The van der Waals surface area contributed by atoms with Crippen molar-refractivity contribution in [3.05, 3.63) is 34.4 Å². The fourth-order valence-electron chi connectivity index (χ4n) is 4.64. The summed E-state index contributed by atoms with van der Waals surface area (Å²) in [6, 6.07) is 6.51. The van der Waals surface area contributed by atoms with Gasteiger partial charge in [0.2, 0.25) is 0 Å². The average Bonchev–Trinajstić information content (AvgIpc) is 2.66. The lowest BCUT2D eigenvalue weighted by molar-refractivity contribution is -0.130.